The van der Waals surface area contributed by atoms with Crippen molar-refractivity contribution in [3.05, 3.63) is 0 Å². The first-order valence-corrected chi connectivity index (χ1v) is 12.8. The standard InChI is InChI=1S/C27H40O14/c1-17(28)26(11-7-19(30)31,12-8-20(32)33)23(36)40-15-25(3,4)16-41-24(37)27(18(2)29,13-9-21(34)38-5)14-10-22(35)39-6/h7-16H2,1-6H3,(H,30,31)(H,32,33). The summed E-state index contributed by atoms with van der Waals surface area (Å²) in [5.74, 6) is -7.49. The van der Waals surface area contributed by atoms with Crippen molar-refractivity contribution in [2.45, 2.75) is 79.1 Å². The quantitative estimate of drug-likeness (QED) is 0.118. The number of aliphatic carboxylic acids is 2. The van der Waals surface area contributed by atoms with E-state index in [0.29, 0.717) is 0 Å². The lowest BCUT2D eigenvalue weighted by molar-refractivity contribution is -0.169. The Morgan fingerprint density at radius 2 is 0.854 bits per heavy atom. The molecule has 0 unspecified atom stereocenters. The largest absolute Gasteiger partial charge is 0.481 e. The maximum absolute atomic E-state index is 13.2. The van der Waals surface area contributed by atoms with Crippen LogP contribution in [0, 0.1) is 16.2 Å². The van der Waals surface area contributed by atoms with E-state index in [1.807, 2.05) is 0 Å². The molecule has 0 atom stereocenters. The minimum Gasteiger partial charge on any atom is -0.481 e. The smallest absolute Gasteiger partial charge is 0.319 e. The van der Waals surface area contributed by atoms with Crippen molar-refractivity contribution in [1.82, 2.24) is 0 Å². The molecule has 0 rings (SSSR count). The average Bonchev–Trinajstić information content (AvgIpc) is 2.89. The molecule has 0 radical (unpaired) electrons. The van der Waals surface area contributed by atoms with Crippen LogP contribution in [0.1, 0.15) is 79.1 Å². The fourth-order valence-corrected chi connectivity index (χ4v) is 3.97. The predicted molar refractivity (Wildman–Crippen MR) is 138 cm³/mol. The molecule has 0 heterocycles. The first-order chi connectivity index (χ1) is 18.9. The third-order valence-corrected chi connectivity index (χ3v) is 6.82. The van der Waals surface area contributed by atoms with Crippen LogP contribution in [0.15, 0.2) is 0 Å². The zero-order valence-electron chi connectivity index (χ0n) is 24.4. The number of hydrogen-bond donors (Lipinski definition) is 2. The van der Waals surface area contributed by atoms with Gasteiger partial charge in [0.05, 0.1) is 27.4 Å². The number of carboxylic acids is 2. The third kappa shape index (κ3) is 11.7. The van der Waals surface area contributed by atoms with Crippen LogP contribution in [0.25, 0.3) is 0 Å². The predicted octanol–water partition coefficient (Wildman–Crippen LogP) is 1.89. The number of carbonyl (C=O) groups excluding carboxylic acids is 6. The lowest BCUT2D eigenvalue weighted by Gasteiger charge is -2.32. The molecule has 0 saturated heterocycles. The van der Waals surface area contributed by atoms with Crippen LogP contribution in [0.4, 0.5) is 0 Å². The molecular formula is C27H40O14. The van der Waals surface area contributed by atoms with Gasteiger partial charge in [-0.2, -0.15) is 0 Å². The highest BCUT2D eigenvalue weighted by atomic mass is 16.6. The number of rotatable bonds is 20. The van der Waals surface area contributed by atoms with Crippen LogP contribution in [0.3, 0.4) is 0 Å². The lowest BCUT2D eigenvalue weighted by Crippen LogP contribution is -2.44. The minimum atomic E-state index is -2.00. The van der Waals surface area contributed by atoms with Gasteiger partial charge in [0.15, 0.2) is 0 Å². The zero-order valence-corrected chi connectivity index (χ0v) is 24.4. The van der Waals surface area contributed by atoms with Gasteiger partial charge in [0.2, 0.25) is 0 Å². The van der Waals surface area contributed by atoms with E-state index in [-0.39, 0.29) is 25.7 Å². The number of methoxy groups -OCH3 is 2. The van der Waals surface area contributed by atoms with Crippen molar-refractivity contribution in [3.63, 3.8) is 0 Å². The Hall–Kier alpha value is -3.84. The molecule has 0 aromatic carbocycles. The summed E-state index contributed by atoms with van der Waals surface area (Å²) >= 11 is 0. The van der Waals surface area contributed by atoms with Gasteiger partial charge in [0, 0.05) is 31.1 Å². The number of carboxylic acid groups (broad SMARTS) is 2. The van der Waals surface area contributed by atoms with E-state index in [4.69, 9.17) is 19.7 Å². The second kappa shape index (κ2) is 16.4. The summed E-state index contributed by atoms with van der Waals surface area (Å²) in [6, 6.07) is 0. The topological polar surface area (TPSA) is 214 Å². The lowest BCUT2D eigenvalue weighted by atomic mass is 9.75. The summed E-state index contributed by atoms with van der Waals surface area (Å²) < 4.78 is 19.9. The van der Waals surface area contributed by atoms with Crippen LogP contribution < -0.4 is 0 Å². The average molecular weight is 589 g/mol. The van der Waals surface area contributed by atoms with E-state index < -0.39 is 103 Å². The van der Waals surface area contributed by atoms with Gasteiger partial charge in [-0.05, 0) is 39.5 Å². The van der Waals surface area contributed by atoms with Crippen molar-refractivity contribution >= 4 is 47.4 Å². The van der Waals surface area contributed by atoms with E-state index in [0.717, 1.165) is 28.1 Å². The van der Waals surface area contributed by atoms with Crippen molar-refractivity contribution in [1.29, 1.82) is 0 Å². The zero-order chi connectivity index (χ0) is 32.0. The molecule has 14 nitrogen and oxygen atoms in total. The van der Waals surface area contributed by atoms with Crippen LogP contribution in [-0.2, 0) is 57.3 Å². The van der Waals surface area contributed by atoms with Crippen LogP contribution in [-0.4, -0.2) is 85.0 Å². The van der Waals surface area contributed by atoms with Gasteiger partial charge in [-0.15, -0.1) is 0 Å². The third-order valence-electron chi connectivity index (χ3n) is 6.82. The molecule has 0 fully saturated rings. The van der Waals surface area contributed by atoms with Gasteiger partial charge in [0.1, 0.15) is 22.4 Å². The van der Waals surface area contributed by atoms with Gasteiger partial charge in [-0.3, -0.25) is 38.4 Å². The molecule has 0 aliphatic rings. The minimum absolute atomic E-state index is 0.297. The molecule has 0 spiro atoms. The van der Waals surface area contributed by atoms with E-state index in [1.165, 1.54) is 13.8 Å². The molecule has 0 bridgehead atoms. The fraction of sp³-hybridized carbons (Fsp3) is 0.704. The number of Topliss-reactive ketones (excluding diaryl/α,β-unsaturated/α-hetero) is 2. The van der Waals surface area contributed by atoms with E-state index >= 15 is 0 Å². The Labute approximate surface area is 238 Å². The SMILES string of the molecule is COC(=O)CCC(CCC(=O)OC)(C(C)=O)C(=O)OCC(C)(C)COC(=O)C(CCC(=O)O)(CCC(=O)O)C(C)=O. The molecule has 0 saturated carbocycles. The van der Waals surface area contributed by atoms with Gasteiger partial charge < -0.3 is 29.2 Å². The number of hydrogen-bond acceptors (Lipinski definition) is 12. The van der Waals surface area contributed by atoms with Crippen LogP contribution >= 0.6 is 0 Å². The Morgan fingerprint density at radius 1 is 0.561 bits per heavy atom. The Bertz CT molecular complexity index is 971. The van der Waals surface area contributed by atoms with Gasteiger partial charge in [-0.1, -0.05) is 13.8 Å². The number of esters is 4. The molecule has 41 heavy (non-hydrogen) atoms. The summed E-state index contributed by atoms with van der Waals surface area (Å²) in [5, 5.41) is 18.1. The summed E-state index contributed by atoms with van der Waals surface area (Å²) in [6.45, 7) is 4.42. The molecule has 0 aromatic rings. The normalized spacial score (nSPS) is 11.7. The highest BCUT2D eigenvalue weighted by Gasteiger charge is 2.47. The molecule has 0 aliphatic carbocycles. The Kier molecular flexibility index (Phi) is 14.9. The monoisotopic (exact) mass is 588 g/mol. The first-order valence-electron chi connectivity index (χ1n) is 12.8. The summed E-state index contributed by atoms with van der Waals surface area (Å²) in [6.07, 6.45) is -3.33. The van der Waals surface area contributed by atoms with Crippen LogP contribution in [0.2, 0.25) is 0 Å². The Morgan fingerprint density at radius 3 is 1.10 bits per heavy atom. The second-order valence-electron chi connectivity index (χ2n) is 10.5. The summed E-state index contributed by atoms with van der Waals surface area (Å²) in [5.41, 5.74) is -4.97. The number of carbonyl (C=O) groups is 8. The summed E-state index contributed by atoms with van der Waals surface area (Å²) in [4.78, 5) is 97.1. The number of ketones is 2. The molecular weight excluding hydrogens is 548 g/mol. The molecule has 2 N–H and O–H groups in total. The molecule has 0 amide bonds. The molecule has 0 aliphatic heterocycles. The summed E-state index contributed by atoms with van der Waals surface area (Å²) in [7, 11) is 2.27. The van der Waals surface area contributed by atoms with Gasteiger partial charge in [-0.25, -0.2) is 0 Å². The van der Waals surface area contributed by atoms with Crippen molar-refractivity contribution < 1.29 is 67.5 Å². The maximum atomic E-state index is 13.2. The van der Waals surface area contributed by atoms with Crippen LogP contribution in [0.5, 0.6) is 0 Å². The second-order valence-corrected chi connectivity index (χ2v) is 10.5. The van der Waals surface area contributed by atoms with E-state index in [1.54, 1.807) is 0 Å². The van der Waals surface area contributed by atoms with E-state index in [9.17, 15) is 38.4 Å². The highest BCUT2D eigenvalue weighted by molar-refractivity contribution is 6.04. The number of ether oxygens (including phenoxy) is 4. The first kappa shape index (κ1) is 37.2. The van der Waals surface area contributed by atoms with Gasteiger partial charge in [0.25, 0.3) is 0 Å². The van der Waals surface area contributed by atoms with Crippen molar-refractivity contribution in [3.8, 4) is 0 Å². The maximum Gasteiger partial charge on any atom is 0.319 e. The fourth-order valence-electron chi connectivity index (χ4n) is 3.97. The Balaban J connectivity index is 5.80. The molecule has 232 valence electrons. The van der Waals surface area contributed by atoms with E-state index in [2.05, 4.69) is 9.47 Å². The van der Waals surface area contributed by atoms with Crippen molar-refractivity contribution in [2.75, 3.05) is 27.4 Å². The molecule has 14 heteroatoms. The molecule has 0 aromatic heterocycles. The van der Waals surface area contributed by atoms with Gasteiger partial charge >= 0.3 is 35.8 Å². The van der Waals surface area contributed by atoms with Crippen molar-refractivity contribution in [2.24, 2.45) is 16.2 Å². The highest BCUT2D eigenvalue weighted by Crippen LogP contribution is 2.36.